The summed E-state index contributed by atoms with van der Waals surface area (Å²) in [6.45, 7) is 17.8. The number of nitrogens with zero attached hydrogens (tertiary/aromatic N) is 2. The fraction of sp³-hybridized carbons (Fsp3) is 0.743. The van der Waals surface area contributed by atoms with E-state index in [0.717, 1.165) is 37.2 Å². The molecule has 1 aliphatic heterocycles. The van der Waals surface area contributed by atoms with Gasteiger partial charge in [-0.3, -0.25) is 4.90 Å². The number of unbranched alkanes of at least 4 members (excludes halogenated alkanes) is 2. The minimum atomic E-state index is 0.400. The lowest BCUT2D eigenvalue weighted by Gasteiger charge is -2.30. The molecular formula is C35H60N2O3. The van der Waals surface area contributed by atoms with Crippen LogP contribution in [-0.2, 0) is 4.79 Å². The van der Waals surface area contributed by atoms with Gasteiger partial charge in [0.05, 0.1) is 20.3 Å². The summed E-state index contributed by atoms with van der Waals surface area (Å²) in [5.74, 6) is 3.45. The molecular weight excluding hydrogens is 496 g/mol. The highest BCUT2D eigenvalue weighted by atomic mass is 16.5. The van der Waals surface area contributed by atoms with Crippen LogP contribution in [-0.4, -0.2) is 69.1 Å². The molecule has 1 heterocycles. The van der Waals surface area contributed by atoms with Gasteiger partial charge < -0.3 is 19.2 Å². The molecule has 3 rings (SSSR count). The van der Waals surface area contributed by atoms with Crippen LogP contribution in [0.4, 0.5) is 0 Å². The van der Waals surface area contributed by atoms with Crippen molar-refractivity contribution in [1.29, 1.82) is 0 Å². The number of hydrogen-bond donors (Lipinski definition) is 0. The highest BCUT2D eigenvalue weighted by Crippen LogP contribution is 2.48. The van der Waals surface area contributed by atoms with Gasteiger partial charge in [-0.2, -0.15) is 0 Å². The van der Waals surface area contributed by atoms with E-state index in [4.69, 9.17) is 9.47 Å². The van der Waals surface area contributed by atoms with E-state index < -0.39 is 0 Å². The van der Waals surface area contributed by atoms with Crippen LogP contribution in [0.1, 0.15) is 122 Å². The Morgan fingerprint density at radius 2 is 1.73 bits per heavy atom. The normalized spacial score (nSPS) is 19.9. The monoisotopic (exact) mass is 556 g/mol. The van der Waals surface area contributed by atoms with Gasteiger partial charge in [0.2, 0.25) is 0 Å². The second-order valence-electron chi connectivity index (χ2n) is 12.4. The molecule has 5 nitrogen and oxygen atoms in total. The van der Waals surface area contributed by atoms with Crippen LogP contribution in [0.5, 0.6) is 11.5 Å². The zero-order valence-corrected chi connectivity index (χ0v) is 27.1. The third kappa shape index (κ3) is 10.9. The number of allylic oxidation sites excluding steroid dienone is 2. The minimum Gasteiger partial charge on any atom is -0.496 e. The Morgan fingerprint density at radius 1 is 1.07 bits per heavy atom. The number of likely N-dealkylation sites (tertiary alicyclic amines) is 1. The standard InChI is InChI=1S/C26H39NO3.C9H21N/c1-6-30-25-16-21(15-24(29-5)26(25)20-8-7-9-20)22-14-23(27(17-22)10-11-28)13-19(4)12-18(2)3;1-4-6-8-10(3)9-7-5-2/h11-12,15-16,19-20,22-23H,6-10,13-14,17H2,1-5H3;4-9H2,1-3H3/t19-,22?,23?;/m1./s1. The van der Waals surface area contributed by atoms with Crippen molar-refractivity contribution in [2.75, 3.05) is 46.9 Å². The topological polar surface area (TPSA) is 42.0 Å². The van der Waals surface area contributed by atoms with Crippen LogP contribution >= 0.6 is 0 Å². The number of ether oxygens (including phenoxy) is 2. The molecule has 40 heavy (non-hydrogen) atoms. The summed E-state index contributed by atoms with van der Waals surface area (Å²) < 4.78 is 11.9. The van der Waals surface area contributed by atoms with Crippen LogP contribution in [0.25, 0.3) is 0 Å². The van der Waals surface area contributed by atoms with Crippen molar-refractivity contribution in [3.05, 3.63) is 34.9 Å². The fourth-order valence-electron chi connectivity index (χ4n) is 6.22. The fourth-order valence-corrected chi connectivity index (χ4v) is 6.22. The van der Waals surface area contributed by atoms with Crippen molar-refractivity contribution in [2.24, 2.45) is 5.92 Å². The quantitative estimate of drug-likeness (QED) is 0.152. The maximum atomic E-state index is 11.3. The molecule has 1 aliphatic carbocycles. The zero-order valence-electron chi connectivity index (χ0n) is 27.1. The van der Waals surface area contributed by atoms with Crippen LogP contribution in [0.2, 0.25) is 0 Å². The molecule has 2 aliphatic rings. The van der Waals surface area contributed by atoms with E-state index in [1.54, 1.807) is 7.11 Å². The summed E-state index contributed by atoms with van der Waals surface area (Å²) in [4.78, 5) is 16.1. The van der Waals surface area contributed by atoms with Crippen LogP contribution < -0.4 is 9.47 Å². The molecule has 0 N–H and O–H groups in total. The van der Waals surface area contributed by atoms with E-state index in [-0.39, 0.29) is 0 Å². The van der Waals surface area contributed by atoms with Gasteiger partial charge in [-0.1, -0.05) is 51.7 Å². The Hall–Kier alpha value is -1.85. The second-order valence-corrected chi connectivity index (χ2v) is 12.4. The molecule has 228 valence electrons. The number of carbonyl (C=O) groups is 1. The van der Waals surface area contributed by atoms with Crippen molar-refractivity contribution in [3.8, 4) is 11.5 Å². The van der Waals surface area contributed by atoms with Gasteiger partial charge in [-0.25, -0.2) is 0 Å². The Morgan fingerprint density at radius 3 is 2.23 bits per heavy atom. The molecule has 2 unspecified atom stereocenters. The summed E-state index contributed by atoms with van der Waals surface area (Å²) >= 11 is 0. The van der Waals surface area contributed by atoms with Crippen molar-refractivity contribution in [1.82, 2.24) is 9.80 Å². The van der Waals surface area contributed by atoms with Gasteiger partial charge in [-0.15, -0.1) is 0 Å². The van der Waals surface area contributed by atoms with Crippen molar-refractivity contribution < 1.29 is 14.3 Å². The first-order valence-corrected chi connectivity index (χ1v) is 16.1. The van der Waals surface area contributed by atoms with Gasteiger partial charge in [0, 0.05) is 18.2 Å². The van der Waals surface area contributed by atoms with Crippen molar-refractivity contribution in [2.45, 2.75) is 117 Å². The summed E-state index contributed by atoms with van der Waals surface area (Å²) in [7, 11) is 3.99. The lowest BCUT2D eigenvalue weighted by Crippen LogP contribution is -2.32. The predicted molar refractivity (Wildman–Crippen MR) is 170 cm³/mol. The smallest absolute Gasteiger partial charge is 0.133 e. The Balaban J connectivity index is 0.000000478. The summed E-state index contributed by atoms with van der Waals surface area (Å²) in [6, 6.07) is 4.92. The molecule has 1 aromatic rings. The van der Waals surface area contributed by atoms with Gasteiger partial charge in [-0.05, 0) is 115 Å². The van der Waals surface area contributed by atoms with Crippen LogP contribution in [0.15, 0.2) is 23.8 Å². The number of methoxy groups -OCH3 is 1. The summed E-state index contributed by atoms with van der Waals surface area (Å²) in [5, 5.41) is 0. The molecule has 5 heteroatoms. The first kappa shape index (κ1) is 34.4. The van der Waals surface area contributed by atoms with E-state index in [2.05, 4.69) is 69.7 Å². The Labute approximate surface area is 246 Å². The number of hydrogen-bond acceptors (Lipinski definition) is 5. The van der Waals surface area contributed by atoms with Crippen LogP contribution in [0, 0.1) is 5.92 Å². The average Bonchev–Trinajstić information content (AvgIpc) is 3.28. The SMILES string of the molecule is CCCCN(C)CCCC.CCOc1cc(C2CC(C[C@H](C)C=C(C)C)N(CC=O)C2)cc(OC)c1C1CCC1. The molecule has 0 radical (unpaired) electrons. The molecule has 1 aromatic carbocycles. The molecule has 0 spiro atoms. The highest BCUT2D eigenvalue weighted by molar-refractivity contribution is 5.53. The van der Waals surface area contributed by atoms with Gasteiger partial charge in [0.25, 0.3) is 0 Å². The van der Waals surface area contributed by atoms with E-state index in [9.17, 15) is 4.79 Å². The lowest BCUT2D eigenvalue weighted by atomic mass is 9.78. The van der Waals surface area contributed by atoms with Crippen LogP contribution in [0.3, 0.4) is 0 Å². The van der Waals surface area contributed by atoms with E-state index in [0.29, 0.717) is 36.9 Å². The number of benzene rings is 1. The third-order valence-electron chi connectivity index (χ3n) is 8.52. The average molecular weight is 557 g/mol. The lowest BCUT2D eigenvalue weighted by molar-refractivity contribution is -0.109. The van der Waals surface area contributed by atoms with Crippen molar-refractivity contribution >= 4 is 6.29 Å². The molecule has 1 saturated heterocycles. The minimum absolute atomic E-state index is 0.400. The molecule has 0 bridgehead atoms. The number of aldehydes is 1. The molecule has 2 fully saturated rings. The van der Waals surface area contributed by atoms with Gasteiger partial charge >= 0.3 is 0 Å². The molecule has 0 amide bonds. The van der Waals surface area contributed by atoms with Gasteiger partial charge in [0.15, 0.2) is 0 Å². The number of rotatable bonds is 16. The first-order chi connectivity index (χ1) is 19.3. The zero-order chi connectivity index (χ0) is 29.5. The predicted octanol–water partition coefficient (Wildman–Crippen LogP) is 8.23. The van der Waals surface area contributed by atoms with Crippen molar-refractivity contribution in [3.63, 3.8) is 0 Å². The molecule has 1 saturated carbocycles. The van der Waals surface area contributed by atoms with Gasteiger partial charge in [0.1, 0.15) is 17.8 Å². The van der Waals surface area contributed by atoms with E-state index in [1.165, 1.54) is 74.7 Å². The molecule has 3 atom stereocenters. The van der Waals surface area contributed by atoms with E-state index in [1.807, 2.05) is 6.92 Å². The van der Waals surface area contributed by atoms with E-state index >= 15 is 0 Å². The molecule has 0 aromatic heterocycles. The Bertz CT molecular complexity index is 883. The second kappa shape index (κ2) is 18.6. The Kier molecular flexibility index (Phi) is 15.9. The maximum absolute atomic E-state index is 11.3. The highest BCUT2D eigenvalue weighted by Gasteiger charge is 2.35. The summed E-state index contributed by atoms with van der Waals surface area (Å²) in [6.07, 6.45) is 14.6. The number of carbonyl (C=O) groups excluding carboxylic acids is 1. The summed E-state index contributed by atoms with van der Waals surface area (Å²) in [5.41, 5.74) is 3.90. The maximum Gasteiger partial charge on any atom is 0.133 e. The first-order valence-electron chi connectivity index (χ1n) is 16.1. The largest absolute Gasteiger partial charge is 0.496 e. The third-order valence-corrected chi connectivity index (χ3v) is 8.52.